The van der Waals surface area contributed by atoms with Gasteiger partial charge in [-0.3, -0.25) is 4.79 Å². The van der Waals surface area contributed by atoms with Gasteiger partial charge in [0, 0.05) is 13.0 Å². The fourth-order valence-electron chi connectivity index (χ4n) is 8.32. The molecule has 0 aromatic carbocycles. The zero-order valence-electron chi connectivity index (χ0n) is 41.5. The van der Waals surface area contributed by atoms with E-state index in [0.717, 1.165) is 57.8 Å². The summed E-state index contributed by atoms with van der Waals surface area (Å²) in [6.07, 6.45) is 50.3. The first kappa shape index (κ1) is 60.4. The van der Waals surface area contributed by atoms with E-state index >= 15 is 0 Å². The van der Waals surface area contributed by atoms with Crippen molar-refractivity contribution in [2.45, 2.75) is 282 Å². The Morgan fingerprint density at radius 3 is 1.36 bits per heavy atom. The second kappa shape index (κ2) is 46.5. The molecule has 1 rings (SSSR count). The fourth-order valence-corrected chi connectivity index (χ4v) is 8.32. The van der Waals surface area contributed by atoms with E-state index in [0.29, 0.717) is 13.0 Å². The van der Waals surface area contributed by atoms with Crippen molar-refractivity contribution in [2.24, 2.45) is 0 Å². The molecule has 9 heteroatoms. The van der Waals surface area contributed by atoms with Crippen LogP contribution in [0.2, 0.25) is 0 Å². The Bertz CT molecular complexity index is 1080. The molecule has 0 spiro atoms. The average molecular weight is 907 g/mol. The van der Waals surface area contributed by atoms with E-state index in [9.17, 15) is 25.2 Å². The van der Waals surface area contributed by atoms with Crippen LogP contribution in [0.4, 0.5) is 0 Å². The average Bonchev–Trinajstić information content (AvgIpc) is 3.30. The standard InChI is InChI=1S/C55H102O9/c1-3-5-7-9-11-13-15-17-19-21-23-24-25-27-29-31-33-35-37-39-41-43-45-61-47-49(48-62-55-54(60)53(59)52(58)50(46-56)64-55)63-51(57)44-42-40-38-36-34-32-30-28-26-22-20-18-16-14-12-10-8-6-4-2/h15,17,21,23,25,27,49-50,52-56,58-60H,3-14,16,18-20,22,24,26,28-48H2,1-2H3/b17-15-,23-21-,27-25-. The molecule has 64 heavy (non-hydrogen) atoms. The Morgan fingerprint density at radius 1 is 0.500 bits per heavy atom. The quantitative estimate of drug-likeness (QED) is 0.0267. The Labute approximate surface area is 393 Å². The second-order valence-corrected chi connectivity index (χ2v) is 18.7. The van der Waals surface area contributed by atoms with Gasteiger partial charge in [0.05, 0.1) is 19.8 Å². The minimum Gasteiger partial charge on any atom is -0.457 e. The Morgan fingerprint density at radius 2 is 0.906 bits per heavy atom. The van der Waals surface area contributed by atoms with E-state index in [1.165, 1.54) is 167 Å². The monoisotopic (exact) mass is 907 g/mol. The third-order valence-electron chi connectivity index (χ3n) is 12.6. The van der Waals surface area contributed by atoms with Crippen LogP contribution in [-0.4, -0.2) is 89.6 Å². The number of carbonyl (C=O) groups excluding carboxylic acids is 1. The molecule has 0 amide bonds. The van der Waals surface area contributed by atoms with E-state index in [2.05, 4.69) is 50.3 Å². The van der Waals surface area contributed by atoms with Crippen molar-refractivity contribution in [2.75, 3.05) is 26.4 Å². The Hall–Kier alpha value is -1.59. The first-order valence-corrected chi connectivity index (χ1v) is 27.1. The lowest BCUT2D eigenvalue weighted by atomic mass is 9.99. The molecule has 0 radical (unpaired) electrons. The third-order valence-corrected chi connectivity index (χ3v) is 12.6. The van der Waals surface area contributed by atoms with E-state index in [4.69, 9.17) is 18.9 Å². The van der Waals surface area contributed by atoms with Crippen molar-refractivity contribution in [1.82, 2.24) is 0 Å². The molecule has 0 aromatic heterocycles. The number of ether oxygens (including phenoxy) is 4. The summed E-state index contributed by atoms with van der Waals surface area (Å²) in [4.78, 5) is 12.9. The highest BCUT2D eigenvalue weighted by atomic mass is 16.7. The second-order valence-electron chi connectivity index (χ2n) is 18.7. The number of aliphatic hydroxyl groups excluding tert-OH is 4. The van der Waals surface area contributed by atoms with Crippen molar-refractivity contribution in [3.8, 4) is 0 Å². The van der Waals surface area contributed by atoms with Crippen LogP contribution in [-0.2, 0) is 23.7 Å². The topological polar surface area (TPSA) is 135 Å². The smallest absolute Gasteiger partial charge is 0.306 e. The first-order chi connectivity index (χ1) is 31.4. The highest BCUT2D eigenvalue weighted by Gasteiger charge is 2.44. The number of rotatable bonds is 47. The van der Waals surface area contributed by atoms with Gasteiger partial charge in [0.25, 0.3) is 0 Å². The van der Waals surface area contributed by atoms with Crippen molar-refractivity contribution in [1.29, 1.82) is 0 Å². The molecule has 0 aromatic rings. The predicted octanol–water partition coefficient (Wildman–Crippen LogP) is 13.5. The lowest BCUT2D eigenvalue weighted by Crippen LogP contribution is -2.59. The SMILES string of the molecule is CCCCCCC/C=C\C/C=C\C/C=C\CCCCCCCCCOCC(COC1OC(CO)C(O)C(O)C1O)OC(=O)CCCCCCCCCCCCCCCCCCCCC. The molecule has 1 aliphatic rings. The van der Waals surface area contributed by atoms with Gasteiger partial charge in [0.2, 0.25) is 0 Å². The molecule has 1 heterocycles. The van der Waals surface area contributed by atoms with Crippen LogP contribution in [0, 0.1) is 0 Å². The van der Waals surface area contributed by atoms with Crippen LogP contribution in [0.1, 0.15) is 245 Å². The van der Waals surface area contributed by atoms with Crippen molar-refractivity contribution >= 4 is 5.97 Å². The van der Waals surface area contributed by atoms with Crippen molar-refractivity contribution in [3.05, 3.63) is 36.5 Å². The molecule has 1 fully saturated rings. The summed E-state index contributed by atoms with van der Waals surface area (Å²) in [5.74, 6) is -0.313. The number of hydrogen-bond acceptors (Lipinski definition) is 9. The van der Waals surface area contributed by atoms with Gasteiger partial charge in [0.1, 0.15) is 30.5 Å². The van der Waals surface area contributed by atoms with Gasteiger partial charge in [-0.15, -0.1) is 0 Å². The number of unbranched alkanes of at least 4 members (excludes halogenated alkanes) is 30. The normalized spacial score (nSPS) is 19.8. The number of esters is 1. The van der Waals surface area contributed by atoms with E-state index in [-0.39, 0.29) is 19.2 Å². The lowest BCUT2D eigenvalue weighted by molar-refractivity contribution is -0.305. The predicted molar refractivity (Wildman–Crippen MR) is 265 cm³/mol. The Balaban J connectivity index is 2.19. The van der Waals surface area contributed by atoms with Crippen LogP contribution >= 0.6 is 0 Å². The molecule has 6 atom stereocenters. The zero-order valence-corrected chi connectivity index (χ0v) is 41.5. The van der Waals surface area contributed by atoms with Gasteiger partial charge < -0.3 is 39.4 Å². The van der Waals surface area contributed by atoms with Gasteiger partial charge in [-0.05, 0) is 51.4 Å². The van der Waals surface area contributed by atoms with Crippen molar-refractivity contribution in [3.63, 3.8) is 0 Å². The number of allylic oxidation sites excluding steroid dienone is 6. The zero-order chi connectivity index (χ0) is 46.4. The summed E-state index contributed by atoms with van der Waals surface area (Å²) < 4.78 is 22.9. The van der Waals surface area contributed by atoms with Gasteiger partial charge in [0.15, 0.2) is 6.29 Å². The molecule has 6 unspecified atom stereocenters. The summed E-state index contributed by atoms with van der Waals surface area (Å²) in [5.41, 5.74) is 0. The maximum Gasteiger partial charge on any atom is 0.306 e. The summed E-state index contributed by atoms with van der Waals surface area (Å²) in [7, 11) is 0. The highest BCUT2D eigenvalue weighted by Crippen LogP contribution is 2.23. The number of aliphatic hydroxyl groups is 4. The first-order valence-electron chi connectivity index (χ1n) is 27.1. The van der Waals surface area contributed by atoms with Crippen LogP contribution in [0.5, 0.6) is 0 Å². The Kier molecular flexibility index (Phi) is 43.9. The highest BCUT2D eigenvalue weighted by molar-refractivity contribution is 5.69. The molecule has 1 aliphatic heterocycles. The molecule has 0 saturated carbocycles. The van der Waals surface area contributed by atoms with Crippen LogP contribution < -0.4 is 0 Å². The largest absolute Gasteiger partial charge is 0.457 e. The van der Waals surface area contributed by atoms with E-state index in [1.807, 2.05) is 0 Å². The van der Waals surface area contributed by atoms with Gasteiger partial charge in [-0.25, -0.2) is 0 Å². The van der Waals surface area contributed by atoms with Gasteiger partial charge in [-0.2, -0.15) is 0 Å². The van der Waals surface area contributed by atoms with Gasteiger partial charge in [-0.1, -0.05) is 224 Å². The molecule has 376 valence electrons. The summed E-state index contributed by atoms with van der Waals surface area (Å²) >= 11 is 0. The lowest BCUT2D eigenvalue weighted by Gasteiger charge is -2.39. The molecule has 0 bridgehead atoms. The molecule has 0 aliphatic carbocycles. The molecular weight excluding hydrogens is 805 g/mol. The number of carbonyl (C=O) groups is 1. The van der Waals surface area contributed by atoms with Crippen LogP contribution in [0.25, 0.3) is 0 Å². The molecule has 4 N–H and O–H groups in total. The van der Waals surface area contributed by atoms with E-state index in [1.54, 1.807) is 0 Å². The van der Waals surface area contributed by atoms with Crippen molar-refractivity contribution < 1.29 is 44.2 Å². The minimum absolute atomic E-state index is 0.115. The summed E-state index contributed by atoms with van der Waals surface area (Å²) in [5, 5.41) is 40.3. The maximum atomic E-state index is 12.9. The molecule has 9 nitrogen and oxygen atoms in total. The summed E-state index contributed by atoms with van der Waals surface area (Å²) in [6, 6.07) is 0. The van der Waals surface area contributed by atoms with Gasteiger partial charge >= 0.3 is 5.97 Å². The number of hydrogen-bond donors (Lipinski definition) is 4. The molecular formula is C55H102O9. The molecule has 1 saturated heterocycles. The maximum absolute atomic E-state index is 12.9. The fraction of sp³-hybridized carbons (Fsp3) is 0.873. The summed E-state index contributed by atoms with van der Waals surface area (Å²) in [6.45, 7) is 4.57. The third kappa shape index (κ3) is 36.5. The van der Waals surface area contributed by atoms with Crippen LogP contribution in [0.15, 0.2) is 36.5 Å². The van der Waals surface area contributed by atoms with E-state index < -0.39 is 43.4 Å². The van der Waals surface area contributed by atoms with Crippen LogP contribution in [0.3, 0.4) is 0 Å². The minimum atomic E-state index is -1.54.